The lowest BCUT2D eigenvalue weighted by molar-refractivity contribution is -0.122. The van der Waals surface area contributed by atoms with Crippen LogP contribution in [-0.4, -0.2) is 28.3 Å². The summed E-state index contributed by atoms with van der Waals surface area (Å²) in [6.07, 6.45) is 0.724. The Morgan fingerprint density at radius 2 is 2.22 bits per heavy atom. The minimum absolute atomic E-state index is 0.0821. The van der Waals surface area contributed by atoms with Gasteiger partial charge in [-0.3, -0.25) is 14.6 Å². The van der Waals surface area contributed by atoms with Gasteiger partial charge in [0.2, 0.25) is 11.8 Å². The summed E-state index contributed by atoms with van der Waals surface area (Å²) in [6, 6.07) is 2.95. The van der Waals surface area contributed by atoms with Gasteiger partial charge in [0.25, 0.3) is 0 Å². The molecule has 1 aliphatic heterocycles. The summed E-state index contributed by atoms with van der Waals surface area (Å²) < 4.78 is 26.3. The van der Waals surface area contributed by atoms with Crippen molar-refractivity contribution in [2.24, 2.45) is 4.99 Å². The van der Waals surface area contributed by atoms with E-state index in [0.29, 0.717) is 11.2 Å². The molecule has 0 aliphatic carbocycles. The summed E-state index contributed by atoms with van der Waals surface area (Å²) >= 11 is 1.18. The van der Waals surface area contributed by atoms with Crippen molar-refractivity contribution in [3.05, 3.63) is 29.8 Å². The van der Waals surface area contributed by atoms with E-state index in [1.54, 1.807) is 0 Å². The Morgan fingerprint density at radius 3 is 2.87 bits per heavy atom. The van der Waals surface area contributed by atoms with Crippen molar-refractivity contribution in [1.82, 2.24) is 5.32 Å². The third kappa shape index (κ3) is 4.75. The minimum Gasteiger partial charge on any atom is -0.324 e. The molecule has 2 N–H and O–H groups in total. The summed E-state index contributed by atoms with van der Waals surface area (Å²) in [6.45, 7) is 3.91. The van der Waals surface area contributed by atoms with Crippen LogP contribution in [0.2, 0.25) is 0 Å². The van der Waals surface area contributed by atoms with Crippen molar-refractivity contribution in [2.45, 2.75) is 38.0 Å². The van der Waals surface area contributed by atoms with Crippen molar-refractivity contribution < 1.29 is 18.4 Å². The Hall–Kier alpha value is -1.96. The third-order valence-electron chi connectivity index (χ3n) is 3.28. The molecule has 1 aromatic carbocycles. The number of hydrogen-bond acceptors (Lipinski definition) is 4. The number of hydrogen-bond donors (Lipinski definition) is 2. The number of carbonyl (C=O) groups is 2. The van der Waals surface area contributed by atoms with Crippen LogP contribution in [0.5, 0.6) is 0 Å². The molecule has 124 valence electrons. The Morgan fingerprint density at radius 1 is 1.48 bits per heavy atom. The molecular formula is C15H17F2N3O2S. The Kier molecular flexibility index (Phi) is 5.70. The van der Waals surface area contributed by atoms with Gasteiger partial charge in [-0.25, -0.2) is 8.78 Å². The van der Waals surface area contributed by atoms with Crippen LogP contribution in [0.25, 0.3) is 0 Å². The zero-order chi connectivity index (χ0) is 17.0. The van der Waals surface area contributed by atoms with Crippen LogP contribution in [-0.2, 0) is 9.59 Å². The number of carbonyl (C=O) groups excluding carboxylic acids is 2. The lowest BCUT2D eigenvalue weighted by Crippen LogP contribution is -2.28. The second-order valence-electron chi connectivity index (χ2n) is 5.16. The van der Waals surface area contributed by atoms with Crippen molar-refractivity contribution in [1.29, 1.82) is 0 Å². The van der Waals surface area contributed by atoms with E-state index in [1.807, 2.05) is 13.8 Å². The summed E-state index contributed by atoms with van der Waals surface area (Å²) in [4.78, 5) is 28.1. The zero-order valence-electron chi connectivity index (χ0n) is 12.7. The van der Waals surface area contributed by atoms with E-state index in [-0.39, 0.29) is 24.1 Å². The van der Waals surface area contributed by atoms with Crippen LogP contribution < -0.4 is 10.6 Å². The molecule has 2 atom stereocenters. The highest BCUT2D eigenvalue weighted by atomic mass is 32.2. The van der Waals surface area contributed by atoms with Gasteiger partial charge in [0.1, 0.15) is 16.9 Å². The van der Waals surface area contributed by atoms with Gasteiger partial charge in [0.05, 0.1) is 5.69 Å². The average Bonchev–Trinajstić information content (AvgIpc) is 2.81. The molecule has 0 saturated carbocycles. The van der Waals surface area contributed by atoms with Crippen molar-refractivity contribution in [2.75, 3.05) is 5.32 Å². The predicted molar refractivity (Wildman–Crippen MR) is 86.3 cm³/mol. The molecule has 1 aliphatic rings. The molecule has 23 heavy (non-hydrogen) atoms. The monoisotopic (exact) mass is 341 g/mol. The second kappa shape index (κ2) is 7.54. The zero-order valence-corrected chi connectivity index (χ0v) is 13.5. The fourth-order valence-corrected chi connectivity index (χ4v) is 2.92. The first kappa shape index (κ1) is 17.4. The van der Waals surface area contributed by atoms with E-state index in [2.05, 4.69) is 15.6 Å². The average molecular weight is 341 g/mol. The molecule has 0 radical (unpaired) electrons. The lowest BCUT2D eigenvalue weighted by Gasteiger charge is -2.08. The number of rotatable bonds is 5. The lowest BCUT2D eigenvalue weighted by atomic mass is 10.2. The Bertz CT molecular complexity index is 652. The van der Waals surface area contributed by atoms with E-state index in [9.17, 15) is 18.4 Å². The first-order valence-electron chi connectivity index (χ1n) is 7.19. The topological polar surface area (TPSA) is 70.6 Å². The summed E-state index contributed by atoms with van der Waals surface area (Å²) in [5.41, 5.74) is -0.117. The molecule has 0 bridgehead atoms. The SMILES string of the molecule is CC[C@H](C)N=C1NC(=O)[C@@H](CC(=O)Nc2ccc(F)cc2F)S1. The molecule has 0 unspecified atom stereocenters. The van der Waals surface area contributed by atoms with E-state index < -0.39 is 22.8 Å². The van der Waals surface area contributed by atoms with E-state index in [0.717, 1.165) is 18.6 Å². The third-order valence-corrected chi connectivity index (χ3v) is 4.38. The second-order valence-corrected chi connectivity index (χ2v) is 6.36. The highest BCUT2D eigenvalue weighted by Crippen LogP contribution is 2.24. The number of anilines is 1. The van der Waals surface area contributed by atoms with Crippen LogP contribution in [0.1, 0.15) is 26.7 Å². The van der Waals surface area contributed by atoms with Crippen LogP contribution in [0.3, 0.4) is 0 Å². The van der Waals surface area contributed by atoms with Crippen LogP contribution in [0, 0.1) is 11.6 Å². The van der Waals surface area contributed by atoms with Gasteiger partial charge < -0.3 is 10.6 Å². The quantitative estimate of drug-likeness (QED) is 0.865. The highest BCUT2D eigenvalue weighted by molar-refractivity contribution is 8.15. The van der Waals surface area contributed by atoms with Crippen molar-refractivity contribution >= 4 is 34.4 Å². The number of amides is 2. The van der Waals surface area contributed by atoms with Gasteiger partial charge in [-0.05, 0) is 25.5 Å². The van der Waals surface area contributed by atoms with Gasteiger partial charge in [0.15, 0.2) is 5.17 Å². The molecule has 2 amide bonds. The Labute approximate surface area is 136 Å². The number of benzene rings is 1. The van der Waals surface area contributed by atoms with Gasteiger partial charge in [-0.15, -0.1) is 0 Å². The fraction of sp³-hybridized carbons (Fsp3) is 0.400. The summed E-state index contributed by atoms with van der Waals surface area (Å²) in [5.74, 6) is -2.40. The number of thioether (sulfide) groups is 1. The molecule has 5 nitrogen and oxygen atoms in total. The molecular weight excluding hydrogens is 324 g/mol. The smallest absolute Gasteiger partial charge is 0.240 e. The summed E-state index contributed by atoms with van der Waals surface area (Å²) in [5, 5.41) is 4.85. The molecule has 2 rings (SSSR count). The molecule has 1 saturated heterocycles. The largest absolute Gasteiger partial charge is 0.324 e. The van der Waals surface area contributed by atoms with E-state index in [1.165, 1.54) is 11.8 Å². The van der Waals surface area contributed by atoms with E-state index in [4.69, 9.17) is 0 Å². The normalized spacial score (nSPS) is 20.4. The molecule has 8 heteroatoms. The number of nitrogens with zero attached hydrogens (tertiary/aromatic N) is 1. The molecule has 1 aromatic rings. The molecule has 0 aromatic heterocycles. The molecule has 0 spiro atoms. The van der Waals surface area contributed by atoms with Crippen LogP contribution in [0.4, 0.5) is 14.5 Å². The van der Waals surface area contributed by atoms with Gasteiger partial charge in [-0.2, -0.15) is 0 Å². The van der Waals surface area contributed by atoms with Crippen LogP contribution >= 0.6 is 11.8 Å². The standard InChI is InChI=1S/C15H17F2N3O2S/c1-3-8(2)18-15-20-14(22)12(23-15)7-13(21)19-11-5-4-9(16)6-10(11)17/h4-6,8,12H,3,7H2,1-2H3,(H,19,21)(H,18,20,22)/t8-,12+/m0/s1. The van der Waals surface area contributed by atoms with Crippen molar-refractivity contribution in [3.63, 3.8) is 0 Å². The minimum atomic E-state index is -0.860. The Balaban J connectivity index is 1.95. The maximum Gasteiger partial charge on any atom is 0.240 e. The van der Waals surface area contributed by atoms with Crippen LogP contribution in [0.15, 0.2) is 23.2 Å². The maximum absolute atomic E-state index is 13.5. The first-order chi connectivity index (χ1) is 10.9. The van der Waals surface area contributed by atoms with Crippen molar-refractivity contribution in [3.8, 4) is 0 Å². The maximum atomic E-state index is 13.5. The summed E-state index contributed by atoms with van der Waals surface area (Å²) in [7, 11) is 0. The van der Waals surface area contributed by atoms with Gasteiger partial charge >= 0.3 is 0 Å². The van der Waals surface area contributed by atoms with E-state index >= 15 is 0 Å². The van der Waals surface area contributed by atoms with Gasteiger partial charge in [0, 0.05) is 18.5 Å². The number of nitrogens with one attached hydrogen (secondary N) is 2. The highest BCUT2D eigenvalue weighted by Gasteiger charge is 2.32. The first-order valence-corrected chi connectivity index (χ1v) is 8.07. The van der Waals surface area contributed by atoms with Gasteiger partial charge in [-0.1, -0.05) is 18.7 Å². The number of amidine groups is 1. The number of halogens is 2. The molecule has 1 heterocycles. The molecule has 1 fully saturated rings. The number of aliphatic imine (C=N–C) groups is 1. The predicted octanol–water partition coefficient (Wildman–Crippen LogP) is 2.68. The fourth-order valence-electron chi connectivity index (χ4n) is 1.85.